The first kappa shape index (κ1) is 15.0. The number of benzene rings is 1. The zero-order chi connectivity index (χ0) is 14.2. The number of rotatable bonds is 4. The molecule has 1 aliphatic rings. The third kappa shape index (κ3) is 3.02. The second-order valence-electron chi connectivity index (χ2n) is 3.73. The number of carbonyl (C=O) groups is 2. The van der Waals surface area contributed by atoms with Crippen LogP contribution in [0.3, 0.4) is 0 Å². The summed E-state index contributed by atoms with van der Waals surface area (Å²) in [6, 6.07) is 6.38. The van der Waals surface area contributed by atoms with Gasteiger partial charge in [0.25, 0.3) is 11.8 Å². The molecule has 0 bridgehead atoms. The number of thiol groups is 1. The van der Waals surface area contributed by atoms with Gasteiger partial charge in [0.05, 0.1) is 17.0 Å². The van der Waals surface area contributed by atoms with Gasteiger partial charge in [0.1, 0.15) is 0 Å². The number of fused-ring (bicyclic) bond motifs is 1. The molecule has 102 valence electrons. The summed E-state index contributed by atoms with van der Waals surface area (Å²) in [6.45, 7) is 0. The van der Waals surface area contributed by atoms with Gasteiger partial charge in [-0.2, -0.15) is 0 Å². The molecular weight excluding hydrogens is 329 g/mol. The maximum atomic E-state index is 12.1. The molecule has 0 saturated carbocycles. The second kappa shape index (κ2) is 5.52. The van der Waals surface area contributed by atoms with Crippen molar-refractivity contribution < 1.29 is 19.0 Å². The number of amides is 2. The van der Waals surface area contributed by atoms with Gasteiger partial charge in [-0.1, -0.05) is 24.4 Å². The molecule has 0 aliphatic carbocycles. The molecule has 1 aliphatic heterocycles. The van der Waals surface area contributed by atoms with E-state index < -0.39 is 23.7 Å². The van der Waals surface area contributed by atoms with Crippen molar-refractivity contribution in [1.29, 1.82) is 0 Å². The van der Waals surface area contributed by atoms with Gasteiger partial charge in [-0.05, 0) is 23.9 Å². The minimum atomic E-state index is -3.34. The summed E-state index contributed by atoms with van der Waals surface area (Å²) in [6.07, 6.45) is -1.14. The zero-order valence-corrected chi connectivity index (χ0v) is 12.8. The third-order valence-electron chi connectivity index (χ3n) is 2.50. The summed E-state index contributed by atoms with van der Waals surface area (Å²) in [4.78, 5) is 34.5. The molecule has 5 nitrogen and oxygen atoms in total. The number of carbonyl (C=O) groups excluding carboxylic acids is 2. The smallest absolute Gasteiger partial charge is 0.263 e. The van der Waals surface area contributed by atoms with E-state index in [9.17, 15) is 14.5 Å². The molecule has 2 unspecified atom stereocenters. The Morgan fingerprint density at radius 2 is 1.84 bits per heavy atom. The first-order chi connectivity index (χ1) is 8.85. The van der Waals surface area contributed by atoms with Crippen molar-refractivity contribution in [2.75, 3.05) is 5.88 Å². The highest BCUT2D eigenvalue weighted by Gasteiger charge is 2.41. The van der Waals surface area contributed by atoms with E-state index in [1.807, 2.05) is 0 Å². The van der Waals surface area contributed by atoms with E-state index in [1.54, 1.807) is 12.1 Å². The summed E-state index contributed by atoms with van der Waals surface area (Å²) in [5.74, 6) is -1.25. The van der Waals surface area contributed by atoms with Crippen molar-refractivity contribution in [2.24, 2.45) is 0 Å². The lowest BCUT2D eigenvalue weighted by molar-refractivity contribution is 0.0324. The Bertz CT molecular complexity index is 556. The summed E-state index contributed by atoms with van der Waals surface area (Å²) < 4.78 is 5.04. The number of hydrogen-bond acceptors (Lipinski definition) is 4. The van der Waals surface area contributed by atoms with Crippen LogP contribution in [0.15, 0.2) is 24.3 Å². The Balaban J connectivity index is 2.35. The van der Waals surface area contributed by atoms with Gasteiger partial charge in [0.2, 0.25) is 5.69 Å². The Labute approximate surface area is 124 Å². The topological polar surface area (TPSA) is 66.8 Å². The van der Waals surface area contributed by atoms with E-state index in [4.69, 9.17) is 16.1 Å². The van der Waals surface area contributed by atoms with E-state index in [0.29, 0.717) is 0 Å². The average Bonchev–Trinajstić information content (AvgIpc) is 2.59. The van der Waals surface area contributed by atoms with Crippen molar-refractivity contribution >= 4 is 53.2 Å². The van der Waals surface area contributed by atoms with Crippen LogP contribution in [0.25, 0.3) is 0 Å². The first-order valence-electron chi connectivity index (χ1n) is 5.12. The summed E-state index contributed by atoms with van der Waals surface area (Å²) in [5, 5.41) is 0. The van der Waals surface area contributed by atoms with Crippen molar-refractivity contribution in [2.45, 2.75) is 6.23 Å². The normalized spacial score (nSPS) is 19.2. The lowest BCUT2D eigenvalue weighted by atomic mass is 10.1. The molecule has 19 heavy (non-hydrogen) atoms. The van der Waals surface area contributed by atoms with E-state index in [-0.39, 0.29) is 17.0 Å². The standard InChI is InChI=1S/C10H9ClNO4PS2/c11-5-8(16-17(15,18)19)12-9(13)6-3-1-2-4-7(6)10(12)14/h1-4,8H,5H2,(H2,15,18,19). The van der Waals surface area contributed by atoms with Gasteiger partial charge in [-0.15, -0.1) is 11.6 Å². The average molecular weight is 338 g/mol. The highest BCUT2D eigenvalue weighted by molar-refractivity contribution is 8.59. The number of imide groups is 1. The fraction of sp³-hybridized carbons (Fsp3) is 0.200. The number of halogens is 1. The van der Waals surface area contributed by atoms with Crippen molar-refractivity contribution in [3.63, 3.8) is 0 Å². The molecule has 2 atom stereocenters. The van der Waals surface area contributed by atoms with Crippen LogP contribution >= 0.6 is 29.5 Å². The molecule has 0 saturated heterocycles. The zero-order valence-electron chi connectivity index (χ0n) is 9.39. The molecule has 0 spiro atoms. The fourth-order valence-corrected chi connectivity index (χ4v) is 3.17. The van der Waals surface area contributed by atoms with Gasteiger partial charge >= 0.3 is 0 Å². The Kier molecular flexibility index (Phi) is 4.35. The van der Waals surface area contributed by atoms with Gasteiger partial charge in [0, 0.05) is 0 Å². The van der Waals surface area contributed by atoms with Crippen LogP contribution < -0.4 is 0 Å². The van der Waals surface area contributed by atoms with E-state index >= 15 is 0 Å². The van der Waals surface area contributed by atoms with Crippen LogP contribution in [-0.4, -0.2) is 33.7 Å². The van der Waals surface area contributed by atoms with Gasteiger partial charge in [0.15, 0.2) is 6.23 Å². The molecular formula is C10H9ClNO4PS2. The predicted octanol–water partition coefficient (Wildman–Crippen LogP) is 2.01. The lowest BCUT2D eigenvalue weighted by Crippen LogP contribution is -2.42. The second-order valence-corrected chi connectivity index (χ2v) is 9.15. The van der Waals surface area contributed by atoms with Crippen molar-refractivity contribution in [3.8, 4) is 0 Å². The maximum Gasteiger partial charge on any atom is 0.263 e. The van der Waals surface area contributed by atoms with Crippen molar-refractivity contribution in [3.05, 3.63) is 35.4 Å². The van der Waals surface area contributed by atoms with Crippen LogP contribution in [0.1, 0.15) is 20.7 Å². The minimum absolute atomic E-state index is 0.203. The molecule has 1 heterocycles. The molecule has 0 fully saturated rings. The third-order valence-corrected chi connectivity index (χ3v) is 3.83. The molecule has 1 aromatic rings. The number of nitrogens with zero attached hydrogens (tertiary/aromatic N) is 1. The molecule has 1 aromatic carbocycles. The Morgan fingerprint density at radius 1 is 1.37 bits per heavy atom. The molecule has 0 radical (unpaired) electrons. The molecule has 2 rings (SSSR count). The Morgan fingerprint density at radius 3 is 2.21 bits per heavy atom. The summed E-state index contributed by atoms with van der Waals surface area (Å²) >= 11 is 14.0. The largest absolute Gasteiger partial charge is 0.338 e. The SMILES string of the molecule is O=C1c2ccccc2C(=O)N1C(CCl)OP(O)(=S)S. The Hall–Kier alpha value is -0.430. The molecule has 2 amide bonds. The van der Waals surface area contributed by atoms with Crippen LogP contribution in [-0.2, 0) is 16.3 Å². The monoisotopic (exact) mass is 337 g/mol. The van der Waals surface area contributed by atoms with E-state index in [1.165, 1.54) is 12.1 Å². The lowest BCUT2D eigenvalue weighted by Gasteiger charge is -2.26. The van der Waals surface area contributed by atoms with Gasteiger partial charge < -0.3 is 4.89 Å². The maximum absolute atomic E-state index is 12.1. The van der Waals surface area contributed by atoms with Crippen molar-refractivity contribution in [1.82, 2.24) is 4.90 Å². The van der Waals surface area contributed by atoms with Crippen LogP contribution in [0, 0.1) is 0 Å². The minimum Gasteiger partial charge on any atom is -0.338 e. The molecule has 9 heteroatoms. The van der Waals surface area contributed by atoms with E-state index in [0.717, 1.165) is 4.90 Å². The van der Waals surface area contributed by atoms with Crippen LogP contribution in [0.4, 0.5) is 0 Å². The predicted molar refractivity (Wildman–Crippen MR) is 78.0 cm³/mol. The first-order valence-corrected chi connectivity index (χ1v) is 9.48. The quantitative estimate of drug-likeness (QED) is 0.381. The highest BCUT2D eigenvalue weighted by Crippen LogP contribution is 2.49. The summed E-state index contributed by atoms with van der Waals surface area (Å²) in [5.41, 5.74) is -2.79. The summed E-state index contributed by atoms with van der Waals surface area (Å²) in [7, 11) is 0. The van der Waals surface area contributed by atoms with E-state index in [2.05, 4.69) is 24.1 Å². The molecule has 0 aromatic heterocycles. The number of hydrogen-bond donors (Lipinski definition) is 2. The van der Waals surface area contributed by atoms with Crippen LogP contribution in [0.2, 0.25) is 0 Å². The van der Waals surface area contributed by atoms with Gasteiger partial charge in [-0.3, -0.25) is 14.1 Å². The highest BCUT2D eigenvalue weighted by atomic mass is 35.5. The van der Waals surface area contributed by atoms with Crippen LogP contribution in [0.5, 0.6) is 0 Å². The molecule has 1 N–H and O–H groups in total. The fourth-order valence-electron chi connectivity index (χ4n) is 1.77. The van der Waals surface area contributed by atoms with Gasteiger partial charge in [-0.25, -0.2) is 4.90 Å². The number of alkyl halides is 1.